The highest BCUT2D eigenvalue weighted by Gasteiger charge is 2.71. The van der Waals surface area contributed by atoms with E-state index in [1.165, 1.54) is 24.3 Å². The molecule has 11 heteroatoms. The maximum Gasteiger partial charge on any atom is 0.430 e. The molecule has 2 N–H and O–H groups in total. The van der Waals surface area contributed by atoms with E-state index in [2.05, 4.69) is 0 Å². The molecule has 0 aromatic heterocycles. The summed E-state index contributed by atoms with van der Waals surface area (Å²) in [7, 11) is 0. The highest BCUT2D eigenvalue weighted by atomic mass is 19.4. The molecule has 0 amide bonds. The summed E-state index contributed by atoms with van der Waals surface area (Å²) in [5.74, 6) is -0.827. The van der Waals surface area contributed by atoms with Crippen LogP contribution in [0.4, 0.5) is 26.3 Å². The molecule has 0 aliphatic heterocycles. The van der Waals surface area contributed by atoms with Crippen LogP contribution in [0.5, 0.6) is 11.5 Å². The first-order chi connectivity index (χ1) is 16.8. The van der Waals surface area contributed by atoms with Gasteiger partial charge in [-0.25, -0.2) is 4.79 Å². The minimum atomic E-state index is -5.99. The van der Waals surface area contributed by atoms with Gasteiger partial charge in [-0.05, 0) is 42.0 Å². The lowest BCUT2D eigenvalue weighted by Crippen LogP contribution is -2.53. The van der Waals surface area contributed by atoms with Crippen molar-refractivity contribution in [2.75, 3.05) is 6.61 Å². The molecule has 0 saturated carbocycles. The quantitative estimate of drug-likeness (QED) is 0.355. The van der Waals surface area contributed by atoms with Crippen molar-refractivity contribution < 1.29 is 50.8 Å². The fourth-order valence-corrected chi connectivity index (χ4v) is 3.35. The van der Waals surface area contributed by atoms with Gasteiger partial charge in [0.05, 0.1) is 5.56 Å². The fraction of sp³-hybridized carbons (Fsp3) is 0.240. The van der Waals surface area contributed by atoms with Crippen LogP contribution in [0.1, 0.15) is 21.5 Å². The summed E-state index contributed by atoms with van der Waals surface area (Å²) in [4.78, 5) is 11.0. The van der Waals surface area contributed by atoms with E-state index in [1.807, 2.05) is 0 Å². The maximum absolute atomic E-state index is 13.1. The van der Waals surface area contributed by atoms with Gasteiger partial charge in [0.15, 0.2) is 0 Å². The number of alkyl halides is 6. The summed E-state index contributed by atoms with van der Waals surface area (Å²) < 4.78 is 90.2. The average molecular weight is 514 g/mol. The third-order valence-corrected chi connectivity index (χ3v) is 5.24. The van der Waals surface area contributed by atoms with Crippen LogP contribution in [0.2, 0.25) is 0 Å². The number of carboxylic acids is 1. The lowest BCUT2D eigenvalue weighted by atomic mass is 9.92. The smallest absolute Gasteiger partial charge is 0.430 e. The number of hydrogen-bond acceptors (Lipinski definition) is 4. The first kappa shape index (κ1) is 26.9. The lowest BCUT2D eigenvalue weighted by Gasteiger charge is -2.32. The molecule has 0 radical (unpaired) electrons. The van der Waals surface area contributed by atoms with Crippen molar-refractivity contribution in [3.05, 3.63) is 95.6 Å². The van der Waals surface area contributed by atoms with Crippen molar-refractivity contribution in [2.45, 2.75) is 30.5 Å². The van der Waals surface area contributed by atoms with Gasteiger partial charge >= 0.3 is 18.3 Å². The average Bonchev–Trinajstić information content (AvgIpc) is 2.82. The largest absolute Gasteiger partial charge is 0.490 e. The van der Waals surface area contributed by atoms with Crippen molar-refractivity contribution >= 4 is 5.97 Å². The number of benzene rings is 3. The summed E-state index contributed by atoms with van der Waals surface area (Å²) in [5, 5.41) is 18.5. The van der Waals surface area contributed by atoms with Crippen molar-refractivity contribution in [2.24, 2.45) is 0 Å². The molecule has 3 rings (SSSR count). The Morgan fingerprint density at radius 3 is 1.81 bits per heavy atom. The Labute approximate surface area is 201 Å². The predicted molar refractivity (Wildman–Crippen MR) is 116 cm³/mol. The molecule has 0 spiro atoms. The molecule has 3 aromatic rings. The van der Waals surface area contributed by atoms with Gasteiger partial charge in [0.25, 0.3) is 5.60 Å². The minimum Gasteiger partial charge on any atom is -0.490 e. The third kappa shape index (κ3) is 6.09. The number of aliphatic hydroxyl groups is 1. The molecule has 1 atom stereocenters. The SMILES string of the molecule is O=C(O)c1ccc(OC[C@@H](Cc2ccccc2)Oc2ccc(C(O)(C(F)(F)F)C(F)(F)F)cc2)cc1. The number of aromatic carboxylic acids is 1. The van der Waals surface area contributed by atoms with Crippen LogP contribution in [-0.4, -0.2) is 41.2 Å². The number of rotatable bonds is 9. The van der Waals surface area contributed by atoms with Gasteiger partial charge in [0.1, 0.15) is 24.2 Å². The molecule has 0 unspecified atom stereocenters. The number of carboxylic acid groups (broad SMARTS) is 1. The van der Waals surface area contributed by atoms with Gasteiger partial charge < -0.3 is 19.7 Å². The number of ether oxygens (including phenoxy) is 2. The molecule has 0 aliphatic rings. The number of carbonyl (C=O) groups is 1. The monoisotopic (exact) mass is 514 g/mol. The maximum atomic E-state index is 13.1. The van der Waals surface area contributed by atoms with Gasteiger partial charge in [-0.15, -0.1) is 0 Å². The molecular weight excluding hydrogens is 494 g/mol. The molecule has 3 aromatic carbocycles. The Morgan fingerprint density at radius 2 is 1.31 bits per heavy atom. The van der Waals surface area contributed by atoms with Crippen molar-refractivity contribution in [3.63, 3.8) is 0 Å². The van der Waals surface area contributed by atoms with Gasteiger partial charge in [-0.3, -0.25) is 0 Å². The highest BCUT2D eigenvalue weighted by molar-refractivity contribution is 5.87. The predicted octanol–water partition coefficient (Wildman–Crippen LogP) is 5.77. The molecule has 0 fully saturated rings. The second-order valence-electron chi connectivity index (χ2n) is 7.80. The van der Waals surface area contributed by atoms with Crippen LogP contribution in [0.3, 0.4) is 0 Å². The van der Waals surface area contributed by atoms with Crippen molar-refractivity contribution in [1.29, 1.82) is 0 Å². The van der Waals surface area contributed by atoms with E-state index in [1.54, 1.807) is 30.3 Å². The summed E-state index contributed by atoms with van der Waals surface area (Å²) in [5.41, 5.74) is -5.55. The molecule has 0 bridgehead atoms. The zero-order valence-corrected chi connectivity index (χ0v) is 18.4. The van der Waals surface area contributed by atoms with Crippen molar-refractivity contribution in [3.8, 4) is 11.5 Å². The van der Waals surface area contributed by atoms with Gasteiger partial charge in [0.2, 0.25) is 0 Å². The number of hydrogen-bond donors (Lipinski definition) is 2. The molecular formula is C25H20F6O5. The molecule has 192 valence electrons. The summed E-state index contributed by atoms with van der Waals surface area (Å²) >= 11 is 0. The van der Waals surface area contributed by atoms with Gasteiger partial charge in [-0.1, -0.05) is 42.5 Å². The van der Waals surface area contributed by atoms with Gasteiger partial charge in [0, 0.05) is 12.0 Å². The summed E-state index contributed by atoms with van der Waals surface area (Å²) in [6, 6.07) is 17.3. The standard InChI is InChI=1S/C25H20F6O5/c26-24(27,28)23(34,25(29,30)31)18-8-12-20(13-9-18)36-21(14-16-4-2-1-3-5-16)15-35-19-10-6-17(7-11-19)22(32)33/h1-13,21,34H,14-15H2,(H,32,33)/t21-/m1/s1. The Bertz CT molecular complexity index is 1130. The topological polar surface area (TPSA) is 76.0 Å². The van der Waals surface area contributed by atoms with Crippen LogP contribution in [-0.2, 0) is 12.0 Å². The first-order valence-electron chi connectivity index (χ1n) is 10.4. The van der Waals surface area contributed by atoms with Crippen LogP contribution in [0.15, 0.2) is 78.9 Å². The Hall–Kier alpha value is -3.73. The molecule has 0 saturated heterocycles. The van der Waals surface area contributed by atoms with E-state index in [9.17, 15) is 36.2 Å². The van der Waals surface area contributed by atoms with Crippen molar-refractivity contribution in [1.82, 2.24) is 0 Å². The Morgan fingerprint density at radius 1 is 0.778 bits per heavy atom. The summed E-state index contributed by atoms with van der Waals surface area (Å²) in [6.07, 6.45) is -12.4. The van der Waals surface area contributed by atoms with Crippen LogP contribution in [0.25, 0.3) is 0 Å². The zero-order valence-electron chi connectivity index (χ0n) is 18.4. The third-order valence-electron chi connectivity index (χ3n) is 5.24. The first-order valence-corrected chi connectivity index (χ1v) is 10.4. The van der Waals surface area contributed by atoms with E-state index in [0.717, 1.165) is 17.7 Å². The van der Waals surface area contributed by atoms with E-state index in [4.69, 9.17) is 14.6 Å². The van der Waals surface area contributed by atoms with E-state index >= 15 is 0 Å². The van der Waals surface area contributed by atoms with Crippen LogP contribution < -0.4 is 9.47 Å². The second-order valence-corrected chi connectivity index (χ2v) is 7.80. The molecule has 0 aliphatic carbocycles. The summed E-state index contributed by atoms with van der Waals surface area (Å²) in [6.45, 7) is -0.0713. The zero-order chi connectivity index (χ0) is 26.6. The molecule has 0 heterocycles. The Kier molecular flexibility index (Phi) is 7.83. The fourth-order valence-electron chi connectivity index (χ4n) is 3.35. The van der Waals surface area contributed by atoms with E-state index in [-0.39, 0.29) is 24.3 Å². The molecule has 5 nitrogen and oxygen atoms in total. The highest BCUT2D eigenvalue weighted by Crippen LogP contribution is 2.50. The minimum absolute atomic E-state index is 0.0452. The number of halogens is 6. The Balaban J connectivity index is 1.79. The van der Waals surface area contributed by atoms with E-state index in [0.29, 0.717) is 17.9 Å². The van der Waals surface area contributed by atoms with Crippen LogP contribution in [0, 0.1) is 0 Å². The lowest BCUT2D eigenvalue weighted by molar-refractivity contribution is -0.376. The van der Waals surface area contributed by atoms with E-state index < -0.39 is 35.6 Å². The second kappa shape index (κ2) is 10.5. The normalized spacial score (nSPS) is 13.2. The van der Waals surface area contributed by atoms with Gasteiger partial charge in [-0.2, -0.15) is 26.3 Å². The molecule has 36 heavy (non-hydrogen) atoms. The van der Waals surface area contributed by atoms with Crippen LogP contribution >= 0.6 is 0 Å².